The molecule has 1 fully saturated rings. The smallest absolute Gasteiger partial charge is 0.0608 e. The van der Waals surface area contributed by atoms with E-state index < -0.39 is 0 Å². The molecule has 0 aromatic rings. The van der Waals surface area contributed by atoms with Crippen LogP contribution in [-0.4, -0.2) is 43.9 Å². The maximum atomic E-state index is 5.58. The van der Waals surface area contributed by atoms with Gasteiger partial charge in [0.05, 0.1) is 13.2 Å². The molecule has 0 bridgehead atoms. The van der Waals surface area contributed by atoms with Gasteiger partial charge in [0.25, 0.3) is 0 Å². The third kappa shape index (κ3) is 3.06. The van der Waals surface area contributed by atoms with E-state index in [1.165, 1.54) is 0 Å². The third-order valence-electron chi connectivity index (χ3n) is 2.15. The molecule has 0 radical (unpaired) electrons. The number of hydrogen-bond acceptors (Lipinski definition) is 4. The molecule has 1 rings (SSSR count). The first-order chi connectivity index (χ1) is 5.86. The van der Waals surface area contributed by atoms with Crippen LogP contribution >= 0.6 is 0 Å². The minimum Gasteiger partial charge on any atom is -0.379 e. The lowest BCUT2D eigenvalue weighted by Gasteiger charge is -2.30. The monoisotopic (exact) mass is 173 g/mol. The van der Waals surface area contributed by atoms with Gasteiger partial charge >= 0.3 is 0 Å². The number of rotatable bonds is 4. The van der Waals surface area contributed by atoms with Crippen molar-refractivity contribution < 1.29 is 4.74 Å². The lowest BCUT2D eigenvalue weighted by molar-refractivity contribution is 0.00400. The number of hydrogen-bond donors (Lipinski definition) is 2. The third-order valence-corrected chi connectivity index (χ3v) is 2.15. The van der Waals surface area contributed by atoms with Crippen LogP contribution < -0.4 is 11.2 Å². The Labute approximate surface area is 74.0 Å². The van der Waals surface area contributed by atoms with E-state index >= 15 is 0 Å². The number of ether oxygens (including phenoxy) is 1. The molecule has 3 N–H and O–H groups in total. The fraction of sp³-hybridized carbons (Fsp3) is 1.00. The fourth-order valence-electron chi connectivity index (χ4n) is 1.26. The van der Waals surface area contributed by atoms with Crippen LogP contribution in [0.5, 0.6) is 0 Å². The average molecular weight is 173 g/mol. The molecule has 0 aliphatic carbocycles. The van der Waals surface area contributed by atoms with Gasteiger partial charge < -0.3 is 10.5 Å². The van der Waals surface area contributed by atoms with Crippen molar-refractivity contribution in [3.63, 3.8) is 0 Å². The van der Waals surface area contributed by atoms with E-state index in [0.717, 1.165) is 32.7 Å². The van der Waals surface area contributed by atoms with E-state index in [1.54, 1.807) is 0 Å². The van der Waals surface area contributed by atoms with Gasteiger partial charge in [0.15, 0.2) is 0 Å². The maximum Gasteiger partial charge on any atom is 0.0608 e. The minimum absolute atomic E-state index is 0.420. The number of nitrogens with zero attached hydrogens (tertiary/aromatic N) is 1. The highest BCUT2D eigenvalue weighted by molar-refractivity contribution is 4.66. The molecule has 1 aliphatic heterocycles. The Bertz CT molecular complexity index is 111. The summed E-state index contributed by atoms with van der Waals surface area (Å²) in [6.45, 7) is 6.44. The summed E-state index contributed by atoms with van der Waals surface area (Å²) < 4.78 is 5.24. The summed E-state index contributed by atoms with van der Waals surface area (Å²) in [6.07, 6.45) is 1.08. The first kappa shape index (κ1) is 9.92. The number of nitrogens with two attached hydrogens (primary N) is 1. The van der Waals surface area contributed by atoms with Crippen molar-refractivity contribution in [1.82, 2.24) is 10.4 Å². The largest absolute Gasteiger partial charge is 0.379 e. The molecule has 0 amide bonds. The van der Waals surface area contributed by atoms with Crippen LogP contribution in [0, 0.1) is 0 Å². The van der Waals surface area contributed by atoms with E-state index in [0.29, 0.717) is 12.6 Å². The van der Waals surface area contributed by atoms with Crippen molar-refractivity contribution in [2.45, 2.75) is 19.4 Å². The molecule has 12 heavy (non-hydrogen) atoms. The summed E-state index contributed by atoms with van der Waals surface area (Å²) in [5.74, 6) is 0. The number of hydrazine groups is 1. The van der Waals surface area contributed by atoms with E-state index in [4.69, 9.17) is 10.5 Å². The molecule has 4 nitrogen and oxygen atoms in total. The Balaban J connectivity index is 2.18. The summed E-state index contributed by atoms with van der Waals surface area (Å²) >= 11 is 0. The van der Waals surface area contributed by atoms with Gasteiger partial charge in [-0.05, 0) is 6.42 Å². The van der Waals surface area contributed by atoms with Crippen LogP contribution in [0.1, 0.15) is 13.3 Å². The average Bonchev–Trinajstić information content (AvgIpc) is 2.16. The lowest BCUT2D eigenvalue weighted by atomic mass is 10.2. The van der Waals surface area contributed by atoms with Crippen molar-refractivity contribution in [2.24, 2.45) is 5.73 Å². The highest BCUT2D eigenvalue weighted by Crippen LogP contribution is 1.95. The molecule has 72 valence electrons. The van der Waals surface area contributed by atoms with Crippen LogP contribution in [0.15, 0.2) is 0 Å². The second-order valence-electron chi connectivity index (χ2n) is 3.07. The summed E-state index contributed by atoms with van der Waals surface area (Å²) in [5.41, 5.74) is 8.96. The molecule has 4 heteroatoms. The quantitative estimate of drug-likeness (QED) is 0.605. The van der Waals surface area contributed by atoms with Gasteiger partial charge in [0.2, 0.25) is 0 Å². The molecule has 0 aromatic carbocycles. The zero-order chi connectivity index (χ0) is 8.81. The van der Waals surface area contributed by atoms with Gasteiger partial charge in [-0.3, -0.25) is 5.43 Å². The van der Waals surface area contributed by atoms with E-state index in [-0.39, 0.29) is 0 Å². The van der Waals surface area contributed by atoms with Crippen LogP contribution in [0.3, 0.4) is 0 Å². The van der Waals surface area contributed by atoms with E-state index in [1.807, 2.05) is 0 Å². The molecular weight excluding hydrogens is 154 g/mol. The van der Waals surface area contributed by atoms with Crippen molar-refractivity contribution in [3.8, 4) is 0 Å². The van der Waals surface area contributed by atoms with E-state index in [9.17, 15) is 0 Å². The first-order valence-electron chi connectivity index (χ1n) is 4.65. The minimum atomic E-state index is 0.420. The molecule has 1 unspecified atom stereocenters. The van der Waals surface area contributed by atoms with Gasteiger partial charge in [0.1, 0.15) is 0 Å². The lowest BCUT2D eigenvalue weighted by Crippen LogP contribution is -2.52. The molecule has 0 saturated carbocycles. The van der Waals surface area contributed by atoms with Gasteiger partial charge in [-0.1, -0.05) is 6.92 Å². The highest BCUT2D eigenvalue weighted by Gasteiger charge is 2.12. The second kappa shape index (κ2) is 5.48. The maximum absolute atomic E-state index is 5.58. The predicted octanol–water partition coefficient (Wildman–Crippen LogP) is -0.439. The summed E-state index contributed by atoms with van der Waals surface area (Å²) in [6, 6.07) is 0.420. The Hall–Kier alpha value is -0.160. The van der Waals surface area contributed by atoms with Crippen molar-refractivity contribution in [1.29, 1.82) is 0 Å². The molecule has 1 heterocycles. The Morgan fingerprint density at radius 1 is 1.50 bits per heavy atom. The summed E-state index contributed by atoms with van der Waals surface area (Å²) in [7, 11) is 0. The molecular formula is C8H19N3O. The number of morpholine rings is 1. The van der Waals surface area contributed by atoms with Gasteiger partial charge in [0, 0.05) is 25.7 Å². The highest BCUT2D eigenvalue weighted by atomic mass is 16.5. The number of nitrogens with one attached hydrogen (secondary N) is 1. The van der Waals surface area contributed by atoms with Crippen LogP contribution in [0.2, 0.25) is 0 Å². The zero-order valence-corrected chi connectivity index (χ0v) is 7.75. The van der Waals surface area contributed by atoms with Crippen LogP contribution in [0.4, 0.5) is 0 Å². The fourth-order valence-corrected chi connectivity index (χ4v) is 1.26. The molecule has 1 aliphatic rings. The van der Waals surface area contributed by atoms with Crippen molar-refractivity contribution in [2.75, 3.05) is 32.8 Å². The Kier molecular flexibility index (Phi) is 4.53. The first-order valence-corrected chi connectivity index (χ1v) is 4.65. The summed E-state index contributed by atoms with van der Waals surface area (Å²) in [4.78, 5) is 0. The predicted molar refractivity (Wildman–Crippen MR) is 48.7 cm³/mol. The molecule has 1 saturated heterocycles. The van der Waals surface area contributed by atoms with Gasteiger partial charge in [-0.25, -0.2) is 5.01 Å². The second-order valence-corrected chi connectivity index (χ2v) is 3.07. The normalized spacial score (nSPS) is 22.5. The van der Waals surface area contributed by atoms with Gasteiger partial charge in [-0.15, -0.1) is 0 Å². The standard InChI is InChI=1S/C8H19N3O/c1-2-8(7-9)10-11-3-5-12-6-4-11/h8,10H,2-7,9H2,1H3. The Morgan fingerprint density at radius 3 is 2.67 bits per heavy atom. The van der Waals surface area contributed by atoms with Crippen molar-refractivity contribution >= 4 is 0 Å². The van der Waals surface area contributed by atoms with Crippen molar-refractivity contribution in [3.05, 3.63) is 0 Å². The SMILES string of the molecule is CCC(CN)NN1CCOCC1. The zero-order valence-electron chi connectivity index (χ0n) is 7.75. The van der Waals surface area contributed by atoms with Crippen LogP contribution in [0.25, 0.3) is 0 Å². The topological polar surface area (TPSA) is 50.5 Å². The molecule has 0 aromatic heterocycles. The summed E-state index contributed by atoms with van der Waals surface area (Å²) in [5, 5.41) is 2.20. The van der Waals surface area contributed by atoms with Gasteiger partial charge in [-0.2, -0.15) is 0 Å². The molecule has 1 atom stereocenters. The Morgan fingerprint density at radius 2 is 2.17 bits per heavy atom. The van der Waals surface area contributed by atoms with E-state index in [2.05, 4.69) is 17.4 Å². The molecule has 0 spiro atoms. The van der Waals surface area contributed by atoms with Crippen LogP contribution in [-0.2, 0) is 4.74 Å².